The molecule has 3 nitrogen and oxygen atoms in total. The van der Waals surface area contributed by atoms with E-state index in [4.69, 9.17) is 22.3 Å². The van der Waals surface area contributed by atoms with Gasteiger partial charge in [-0.05, 0) is 12.1 Å². The normalized spacial score (nSPS) is 11.6. The topological polar surface area (TPSA) is 47.0 Å². The summed E-state index contributed by atoms with van der Waals surface area (Å²) in [5.41, 5.74) is 0. The Labute approximate surface area is 77.6 Å². The summed E-state index contributed by atoms with van der Waals surface area (Å²) >= 11 is 5.21. The van der Waals surface area contributed by atoms with E-state index in [1.54, 1.807) is 0 Å². The molecule has 1 heterocycles. The van der Waals surface area contributed by atoms with Gasteiger partial charge in [-0.2, -0.15) is 0 Å². The SMILES string of the molecule is O=S(=O)(Cl)c1ccc(F)c(Cl)n1. The Kier molecular flexibility index (Phi) is 2.55. The lowest BCUT2D eigenvalue weighted by atomic mass is 10.5. The van der Waals surface area contributed by atoms with Gasteiger partial charge in [0.15, 0.2) is 16.0 Å². The van der Waals surface area contributed by atoms with Crippen LogP contribution in [0.25, 0.3) is 0 Å². The predicted molar refractivity (Wildman–Crippen MR) is 42.2 cm³/mol. The van der Waals surface area contributed by atoms with Crippen LogP contribution in [0.5, 0.6) is 0 Å². The molecule has 1 aromatic rings. The van der Waals surface area contributed by atoms with Crippen molar-refractivity contribution in [3.8, 4) is 0 Å². The molecule has 0 spiro atoms. The summed E-state index contributed by atoms with van der Waals surface area (Å²) < 4.78 is 33.7. The van der Waals surface area contributed by atoms with Gasteiger partial charge in [0.05, 0.1) is 0 Å². The second kappa shape index (κ2) is 3.16. The lowest BCUT2D eigenvalue weighted by Crippen LogP contribution is -1.95. The summed E-state index contributed by atoms with van der Waals surface area (Å²) in [6, 6.07) is 1.81. The molecular formula is C5H2Cl2FNO2S. The van der Waals surface area contributed by atoms with Crippen LogP contribution in [0.15, 0.2) is 17.2 Å². The standard InChI is InChI=1S/C5H2Cl2FNO2S/c6-5-3(8)1-2-4(9-5)12(7,10)11/h1-2H. The molecule has 0 aliphatic carbocycles. The summed E-state index contributed by atoms with van der Waals surface area (Å²) in [4.78, 5) is 3.21. The molecule has 0 bridgehead atoms. The van der Waals surface area contributed by atoms with Gasteiger partial charge in [-0.1, -0.05) is 11.6 Å². The Morgan fingerprint density at radius 1 is 1.42 bits per heavy atom. The molecule has 0 aromatic carbocycles. The van der Waals surface area contributed by atoms with Crippen LogP contribution in [-0.4, -0.2) is 13.4 Å². The average Bonchev–Trinajstić information content (AvgIpc) is 1.92. The van der Waals surface area contributed by atoms with Gasteiger partial charge in [0.2, 0.25) is 0 Å². The maximum absolute atomic E-state index is 12.5. The molecule has 0 radical (unpaired) electrons. The van der Waals surface area contributed by atoms with Crippen molar-refractivity contribution in [1.82, 2.24) is 4.98 Å². The first kappa shape index (κ1) is 9.70. The molecule has 1 rings (SSSR count). The van der Waals surface area contributed by atoms with Crippen LogP contribution in [0.3, 0.4) is 0 Å². The summed E-state index contributed by atoms with van der Waals surface area (Å²) in [5.74, 6) is -0.791. The van der Waals surface area contributed by atoms with Crippen LogP contribution in [-0.2, 0) is 9.05 Å². The molecule has 12 heavy (non-hydrogen) atoms. The van der Waals surface area contributed by atoms with E-state index < -0.39 is 25.0 Å². The fraction of sp³-hybridized carbons (Fsp3) is 0. The minimum absolute atomic E-state index is 0.462. The van der Waals surface area contributed by atoms with Crippen molar-refractivity contribution in [2.45, 2.75) is 5.03 Å². The molecule has 0 saturated carbocycles. The van der Waals surface area contributed by atoms with E-state index >= 15 is 0 Å². The van der Waals surface area contributed by atoms with E-state index in [1.165, 1.54) is 0 Å². The zero-order chi connectivity index (χ0) is 9.35. The monoisotopic (exact) mass is 229 g/mol. The van der Waals surface area contributed by atoms with Gasteiger partial charge in [-0.15, -0.1) is 0 Å². The number of aromatic nitrogens is 1. The van der Waals surface area contributed by atoms with E-state index in [9.17, 15) is 12.8 Å². The molecule has 0 atom stereocenters. The molecule has 0 N–H and O–H groups in total. The predicted octanol–water partition coefficient (Wildman–Crippen LogP) is 1.80. The van der Waals surface area contributed by atoms with Crippen LogP contribution >= 0.6 is 22.3 Å². The number of nitrogens with zero attached hydrogens (tertiary/aromatic N) is 1. The molecule has 0 fully saturated rings. The Morgan fingerprint density at radius 2 is 2.00 bits per heavy atom. The quantitative estimate of drug-likeness (QED) is 0.545. The molecule has 0 amide bonds. The number of hydrogen-bond donors (Lipinski definition) is 0. The van der Waals surface area contributed by atoms with Crippen LogP contribution in [0.1, 0.15) is 0 Å². The fourth-order valence-corrected chi connectivity index (χ4v) is 1.43. The summed E-state index contributed by atoms with van der Waals surface area (Å²) in [7, 11) is 0.979. The van der Waals surface area contributed by atoms with Crippen LogP contribution in [0.4, 0.5) is 4.39 Å². The van der Waals surface area contributed by atoms with Crippen LogP contribution in [0.2, 0.25) is 5.15 Å². The minimum atomic E-state index is -3.93. The molecule has 0 saturated heterocycles. The number of pyridine rings is 1. The second-order valence-corrected chi connectivity index (χ2v) is 4.73. The Bertz CT molecular complexity index is 406. The van der Waals surface area contributed by atoms with Crippen LogP contribution < -0.4 is 0 Å². The third-order valence-corrected chi connectivity index (χ3v) is 2.49. The largest absolute Gasteiger partial charge is 0.278 e. The van der Waals surface area contributed by atoms with Gasteiger partial charge < -0.3 is 0 Å². The van der Waals surface area contributed by atoms with Gasteiger partial charge in [0, 0.05) is 10.7 Å². The van der Waals surface area contributed by atoms with E-state index in [0.717, 1.165) is 12.1 Å². The van der Waals surface area contributed by atoms with Crippen molar-refractivity contribution in [3.05, 3.63) is 23.1 Å². The summed E-state index contributed by atoms with van der Waals surface area (Å²) in [5, 5.41) is -0.979. The number of hydrogen-bond acceptors (Lipinski definition) is 3. The Hall–Kier alpha value is -0.390. The fourth-order valence-electron chi connectivity index (χ4n) is 0.536. The smallest absolute Gasteiger partial charge is 0.220 e. The average molecular weight is 230 g/mol. The molecular weight excluding hydrogens is 228 g/mol. The zero-order valence-corrected chi connectivity index (χ0v) is 7.79. The lowest BCUT2D eigenvalue weighted by Gasteiger charge is -1.95. The third kappa shape index (κ3) is 2.06. The van der Waals surface area contributed by atoms with Crippen molar-refractivity contribution < 1.29 is 12.8 Å². The van der Waals surface area contributed by atoms with Crippen molar-refractivity contribution in [2.24, 2.45) is 0 Å². The molecule has 7 heteroatoms. The third-order valence-electron chi connectivity index (χ3n) is 1.03. The number of rotatable bonds is 1. The molecule has 0 aliphatic heterocycles. The first-order valence-corrected chi connectivity index (χ1v) is 5.36. The highest BCUT2D eigenvalue weighted by Crippen LogP contribution is 2.17. The van der Waals surface area contributed by atoms with Gasteiger partial charge in [0.25, 0.3) is 9.05 Å². The molecule has 0 aliphatic rings. The zero-order valence-electron chi connectivity index (χ0n) is 5.46. The van der Waals surface area contributed by atoms with Crippen LogP contribution in [0, 0.1) is 5.82 Å². The number of halogens is 3. The van der Waals surface area contributed by atoms with Crippen molar-refractivity contribution >= 4 is 31.3 Å². The second-order valence-electron chi connectivity index (χ2n) is 1.86. The lowest BCUT2D eigenvalue weighted by molar-refractivity contribution is 0.600. The molecule has 66 valence electrons. The van der Waals surface area contributed by atoms with E-state index in [-0.39, 0.29) is 0 Å². The van der Waals surface area contributed by atoms with Crippen molar-refractivity contribution in [2.75, 3.05) is 0 Å². The van der Waals surface area contributed by atoms with E-state index in [2.05, 4.69) is 4.98 Å². The highest BCUT2D eigenvalue weighted by atomic mass is 35.7. The van der Waals surface area contributed by atoms with Crippen molar-refractivity contribution in [3.63, 3.8) is 0 Å². The van der Waals surface area contributed by atoms with Crippen molar-refractivity contribution in [1.29, 1.82) is 0 Å². The Balaban J connectivity index is 3.33. The summed E-state index contributed by atoms with van der Waals surface area (Å²) in [6.07, 6.45) is 0. The van der Waals surface area contributed by atoms with Gasteiger partial charge >= 0.3 is 0 Å². The maximum atomic E-state index is 12.5. The van der Waals surface area contributed by atoms with Gasteiger partial charge in [0.1, 0.15) is 0 Å². The molecule has 0 unspecified atom stereocenters. The summed E-state index contributed by atoms with van der Waals surface area (Å²) in [6.45, 7) is 0. The highest BCUT2D eigenvalue weighted by molar-refractivity contribution is 8.13. The first-order chi connectivity index (χ1) is 5.41. The first-order valence-electron chi connectivity index (χ1n) is 2.68. The van der Waals surface area contributed by atoms with E-state index in [0.29, 0.717) is 0 Å². The molecule has 1 aromatic heterocycles. The maximum Gasteiger partial charge on any atom is 0.278 e. The minimum Gasteiger partial charge on any atom is -0.220 e. The van der Waals surface area contributed by atoms with Gasteiger partial charge in [-0.3, -0.25) is 0 Å². The van der Waals surface area contributed by atoms with Gasteiger partial charge in [-0.25, -0.2) is 17.8 Å². The van der Waals surface area contributed by atoms with E-state index in [1.807, 2.05) is 0 Å². The Morgan fingerprint density at radius 3 is 2.42 bits per heavy atom. The highest BCUT2D eigenvalue weighted by Gasteiger charge is 2.13.